The van der Waals surface area contributed by atoms with Crippen molar-refractivity contribution in [3.05, 3.63) is 35.4 Å². The Labute approximate surface area is 89.1 Å². The number of alkyl halides is 5. The molecule has 0 heterocycles. The molecule has 1 rings (SSSR count). The van der Waals surface area contributed by atoms with Crippen LogP contribution in [0.25, 0.3) is 0 Å². The molecule has 6 heteroatoms. The summed E-state index contributed by atoms with van der Waals surface area (Å²) in [6, 6.07) is 4.26. The van der Waals surface area contributed by atoms with Gasteiger partial charge in [-0.1, -0.05) is 18.2 Å². The van der Waals surface area contributed by atoms with Crippen molar-refractivity contribution >= 4 is 0 Å². The fourth-order valence-electron chi connectivity index (χ4n) is 1.30. The van der Waals surface area contributed by atoms with Gasteiger partial charge in [0.1, 0.15) is 0 Å². The van der Waals surface area contributed by atoms with Crippen LogP contribution in [0.4, 0.5) is 22.0 Å². The third kappa shape index (κ3) is 3.16. The lowest BCUT2D eigenvalue weighted by Gasteiger charge is -2.17. The summed E-state index contributed by atoms with van der Waals surface area (Å²) in [5, 5.41) is 0. The second-order valence-electron chi connectivity index (χ2n) is 3.39. The van der Waals surface area contributed by atoms with Gasteiger partial charge in [0.15, 0.2) is 0 Å². The van der Waals surface area contributed by atoms with Crippen LogP contribution in [0.3, 0.4) is 0 Å². The Hall–Kier alpha value is -1.17. The number of hydrogen-bond donors (Lipinski definition) is 1. The molecule has 0 saturated carbocycles. The van der Waals surface area contributed by atoms with Gasteiger partial charge in [0.2, 0.25) is 0 Å². The Morgan fingerprint density at radius 2 is 1.56 bits per heavy atom. The summed E-state index contributed by atoms with van der Waals surface area (Å²) in [6.45, 7) is -0.973. The van der Waals surface area contributed by atoms with E-state index in [0.717, 1.165) is 18.2 Å². The normalized spacial score (nSPS) is 12.9. The standard InChI is InChI=1S/C10H10F5N/c11-9(12,6-16)5-7-3-1-2-4-8(7)10(13,14)15/h1-4H,5-6,16H2. The second kappa shape index (κ2) is 4.37. The molecule has 1 aromatic carbocycles. The van der Waals surface area contributed by atoms with Crippen LogP contribution in [-0.4, -0.2) is 12.5 Å². The zero-order chi connectivity index (χ0) is 12.4. The first-order valence-electron chi connectivity index (χ1n) is 4.49. The lowest BCUT2D eigenvalue weighted by molar-refractivity contribution is -0.138. The summed E-state index contributed by atoms with van der Waals surface area (Å²) in [7, 11) is 0. The van der Waals surface area contributed by atoms with Crippen LogP contribution in [0.5, 0.6) is 0 Å². The van der Waals surface area contributed by atoms with Gasteiger partial charge in [-0.05, 0) is 11.6 Å². The van der Waals surface area contributed by atoms with Crippen molar-refractivity contribution in [2.75, 3.05) is 6.54 Å². The van der Waals surface area contributed by atoms with Gasteiger partial charge in [-0.25, -0.2) is 8.78 Å². The highest BCUT2D eigenvalue weighted by Crippen LogP contribution is 2.33. The monoisotopic (exact) mass is 239 g/mol. The van der Waals surface area contributed by atoms with Crippen LogP contribution in [-0.2, 0) is 12.6 Å². The van der Waals surface area contributed by atoms with Crippen molar-refractivity contribution in [1.82, 2.24) is 0 Å². The van der Waals surface area contributed by atoms with Crippen LogP contribution in [0.15, 0.2) is 24.3 Å². The van der Waals surface area contributed by atoms with E-state index in [2.05, 4.69) is 0 Å². The number of rotatable bonds is 3. The SMILES string of the molecule is NCC(F)(F)Cc1ccccc1C(F)(F)F. The molecule has 2 N–H and O–H groups in total. The molecular formula is C10H10F5N. The molecule has 0 saturated heterocycles. The first-order valence-corrected chi connectivity index (χ1v) is 4.49. The predicted molar refractivity (Wildman–Crippen MR) is 49.1 cm³/mol. The average Bonchev–Trinajstić information content (AvgIpc) is 2.16. The first kappa shape index (κ1) is 12.9. The third-order valence-electron chi connectivity index (χ3n) is 2.07. The molecule has 0 aromatic heterocycles. The summed E-state index contributed by atoms with van der Waals surface area (Å²) in [6.07, 6.45) is -5.62. The van der Waals surface area contributed by atoms with Crippen molar-refractivity contribution in [2.45, 2.75) is 18.5 Å². The largest absolute Gasteiger partial charge is 0.416 e. The highest BCUT2D eigenvalue weighted by molar-refractivity contribution is 5.30. The molecule has 1 aromatic rings. The molecule has 0 unspecified atom stereocenters. The Morgan fingerprint density at radius 1 is 1.00 bits per heavy atom. The van der Waals surface area contributed by atoms with E-state index >= 15 is 0 Å². The number of benzene rings is 1. The molecule has 1 nitrogen and oxygen atoms in total. The van der Waals surface area contributed by atoms with Crippen LogP contribution in [0, 0.1) is 0 Å². The van der Waals surface area contributed by atoms with Gasteiger partial charge in [-0.15, -0.1) is 0 Å². The fourth-order valence-corrected chi connectivity index (χ4v) is 1.30. The summed E-state index contributed by atoms with van der Waals surface area (Å²) < 4.78 is 63.2. The number of hydrogen-bond acceptors (Lipinski definition) is 1. The third-order valence-corrected chi connectivity index (χ3v) is 2.07. The topological polar surface area (TPSA) is 26.0 Å². The first-order chi connectivity index (χ1) is 7.26. The second-order valence-corrected chi connectivity index (χ2v) is 3.39. The lowest BCUT2D eigenvalue weighted by Crippen LogP contribution is -2.31. The van der Waals surface area contributed by atoms with E-state index in [0.29, 0.717) is 0 Å². The Balaban J connectivity index is 3.06. The minimum Gasteiger partial charge on any atom is -0.325 e. The van der Waals surface area contributed by atoms with E-state index in [9.17, 15) is 22.0 Å². The van der Waals surface area contributed by atoms with Gasteiger partial charge in [-0.3, -0.25) is 0 Å². The molecule has 16 heavy (non-hydrogen) atoms. The molecule has 0 bridgehead atoms. The Bertz CT molecular complexity index is 358. The Morgan fingerprint density at radius 3 is 2.06 bits per heavy atom. The van der Waals surface area contributed by atoms with Gasteiger partial charge in [-0.2, -0.15) is 13.2 Å². The quantitative estimate of drug-likeness (QED) is 0.806. The molecule has 0 aliphatic rings. The van der Waals surface area contributed by atoms with Crippen LogP contribution >= 0.6 is 0 Å². The van der Waals surface area contributed by atoms with Crippen LogP contribution < -0.4 is 5.73 Å². The molecule has 0 radical (unpaired) electrons. The van der Waals surface area contributed by atoms with Crippen molar-refractivity contribution < 1.29 is 22.0 Å². The maximum atomic E-state index is 12.9. The summed E-state index contributed by atoms with van der Waals surface area (Å²) in [5.41, 5.74) is 3.30. The maximum absolute atomic E-state index is 12.9. The zero-order valence-electron chi connectivity index (χ0n) is 8.19. The van der Waals surface area contributed by atoms with Gasteiger partial charge < -0.3 is 5.73 Å². The molecule has 90 valence electrons. The highest BCUT2D eigenvalue weighted by Gasteiger charge is 2.36. The van der Waals surface area contributed by atoms with Crippen molar-refractivity contribution in [3.63, 3.8) is 0 Å². The van der Waals surface area contributed by atoms with E-state index in [-0.39, 0.29) is 0 Å². The molecule has 0 aliphatic carbocycles. The van der Waals surface area contributed by atoms with Gasteiger partial charge in [0.05, 0.1) is 12.1 Å². The van der Waals surface area contributed by atoms with Crippen molar-refractivity contribution in [3.8, 4) is 0 Å². The smallest absolute Gasteiger partial charge is 0.325 e. The minimum absolute atomic E-state index is 0.439. The summed E-state index contributed by atoms with van der Waals surface area (Å²) in [4.78, 5) is 0. The molecular weight excluding hydrogens is 229 g/mol. The maximum Gasteiger partial charge on any atom is 0.416 e. The van der Waals surface area contributed by atoms with Crippen molar-refractivity contribution in [1.29, 1.82) is 0 Å². The van der Waals surface area contributed by atoms with Gasteiger partial charge in [0, 0.05) is 6.42 Å². The zero-order valence-corrected chi connectivity index (χ0v) is 8.19. The average molecular weight is 239 g/mol. The molecule has 0 spiro atoms. The molecule has 0 fully saturated rings. The summed E-state index contributed by atoms with van der Waals surface area (Å²) >= 11 is 0. The van der Waals surface area contributed by atoms with Crippen LogP contribution in [0.2, 0.25) is 0 Å². The minimum atomic E-state index is -4.62. The summed E-state index contributed by atoms with van der Waals surface area (Å²) in [5.74, 6) is -3.32. The van der Waals surface area contributed by atoms with E-state index in [1.54, 1.807) is 0 Å². The number of nitrogens with two attached hydrogens (primary N) is 1. The highest BCUT2D eigenvalue weighted by atomic mass is 19.4. The van der Waals surface area contributed by atoms with E-state index < -0.39 is 36.2 Å². The molecule has 0 atom stereocenters. The van der Waals surface area contributed by atoms with Gasteiger partial charge in [0.25, 0.3) is 5.92 Å². The fraction of sp³-hybridized carbons (Fsp3) is 0.400. The van der Waals surface area contributed by atoms with Crippen molar-refractivity contribution in [2.24, 2.45) is 5.73 Å². The van der Waals surface area contributed by atoms with E-state index in [1.165, 1.54) is 6.07 Å². The van der Waals surface area contributed by atoms with E-state index in [4.69, 9.17) is 5.73 Å². The molecule has 0 aliphatic heterocycles. The lowest BCUT2D eigenvalue weighted by atomic mass is 10.0. The van der Waals surface area contributed by atoms with Gasteiger partial charge >= 0.3 is 6.18 Å². The van der Waals surface area contributed by atoms with E-state index in [1.807, 2.05) is 0 Å². The van der Waals surface area contributed by atoms with Crippen LogP contribution in [0.1, 0.15) is 11.1 Å². The molecule has 0 amide bonds. The predicted octanol–water partition coefficient (Wildman–Crippen LogP) is 2.84. The number of halogens is 5. The Kier molecular flexibility index (Phi) is 3.52.